The van der Waals surface area contributed by atoms with Gasteiger partial charge in [0.2, 0.25) is 0 Å². The number of hydrogen-bond donors (Lipinski definition) is 0. The number of rotatable bonds is 55. The average molecular weight is 989 g/mol. The van der Waals surface area contributed by atoms with Gasteiger partial charge in [0.15, 0.2) is 12.4 Å². The molecule has 0 aromatic rings. The van der Waals surface area contributed by atoms with Gasteiger partial charge in [0, 0.05) is 12.8 Å². The predicted molar refractivity (Wildman–Crippen MR) is 293 cm³/mol. The lowest BCUT2D eigenvalue weighted by molar-refractivity contribution is -0.870. The quantitative estimate of drug-likeness (QED) is 0.0195. The molecular formula is C61H113NO8. The number of quaternary nitrogens is 1. The molecule has 2 unspecified atom stereocenters. The summed E-state index contributed by atoms with van der Waals surface area (Å²) >= 11 is 0. The minimum atomic E-state index is -1.62. The van der Waals surface area contributed by atoms with Crippen LogP contribution < -0.4 is 5.11 Å². The van der Waals surface area contributed by atoms with E-state index in [9.17, 15) is 19.5 Å². The van der Waals surface area contributed by atoms with E-state index in [1.807, 2.05) is 21.1 Å². The first-order chi connectivity index (χ1) is 34.1. The third-order valence-electron chi connectivity index (χ3n) is 13.1. The second-order valence-corrected chi connectivity index (χ2v) is 21.3. The van der Waals surface area contributed by atoms with Crippen molar-refractivity contribution >= 4 is 17.9 Å². The van der Waals surface area contributed by atoms with Crippen molar-refractivity contribution in [2.45, 2.75) is 289 Å². The Hall–Kier alpha value is -2.49. The molecule has 0 bridgehead atoms. The lowest BCUT2D eigenvalue weighted by atomic mass is 10.0. The first-order valence-electron chi connectivity index (χ1n) is 29.6. The molecule has 9 heteroatoms. The standard InChI is InChI=1S/C61H113NO8/c1-6-8-10-12-14-16-18-20-21-22-23-24-25-26-27-28-29-30-31-32-33-34-35-36-37-38-39-40-42-44-46-48-50-52-59(64)70-57(56-69-61(60(65)66)67-54-53-62(3,4)5)55-68-58(63)51-49-47-45-43-41-19-17-15-13-11-9-7-2/h15,17-18,20,22-23,57,61H,6-14,16,19,21,24-56H2,1-5H3/b17-15-,20-18-,23-22-. The Bertz CT molecular complexity index is 1240. The van der Waals surface area contributed by atoms with E-state index in [2.05, 4.69) is 50.3 Å². The van der Waals surface area contributed by atoms with Gasteiger partial charge in [-0.1, -0.05) is 230 Å². The maximum atomic E-state index is 12.8. The molecule has 9 nitrogen and oxygen atoms in total. The molecule has 0 aromatic carbocycles. The van der Waals surface area contributed by atoms with Gasteiger partial charge in [-0.2, -0.15) is 0 Å². The molecule has 0 saturated heterocycles. The SMILES string of the molecule is CCCCC/C=C\CCCCCCCC(=O)OCC(COC(OCC[N+](C)(C)C)C(=O)[O-])OC(=O)CCCCCCCCCCCCCCCCCCCCCCC/C=C\C/C=C\CCCCCCC. The lowest BCUT2D eigenvalue weighted by Crippen LogP contribution is -2.44. The van der Waals surface area contributed by atoms with Crippen molar-refractivity contribution < 1.29 is 42.9 Å². The van der Waals surface area contributed by atoms with Crippen molar-refractivity contribution in [3.63, 3.8) is 0 Å². The Morgan fingerprint density at radius 1 is 0.429 bits per heavy atom. The second-order valence-electron chi connectivity index (χ2n) is 21.3. The molecule has 0 aromatic heterocycles. The summed E-state index contributed by atoms with van der Waals surface area (Å²) in [6.07, 6.45) is 60.7. The van der Waals surface area contributed by atoms with Gasteiger partial charge in [0.05, 0.1) is 40.3 Å². The van der Waals surface area contributed by atoms with E-state index in [1.54, 1.807) is 0 Å². The summed E-state index contributed by atoms with van der Waals surface area (Å²) in [6, 6.07) is 0. The van der Waals surface area contributed by atoms with E-state index in [0.717, 1.165) is 57.8 Å². The maximum Gasteiger partial charge on any atom is 0.306 e. The van der Waals surface area contributed by atoms with E-state index in [1.165, 1.54) is 186 Å². The van der Waals surface area contributed by atoms with Crippen LogP contribution in [0.1, 0.15) is 277 Å². The maximum absolute atomic E-state index is 12.8. The number of carboxylic acids is 1. The van der Waals surface area contributed by atoms with Crippen molar-refractivity contribution in [1.82, 2.24) is 0 Å². The minimum Gasteiger partial charge on any atom is -0.545 e. The number of aliphatic carboxylic acids is 1. The zero-order chi connectivity index (χ0) is 51.3. The molecule has 0 N–H and O–H groups in total. The molecule has 0 aliphatic carbocycles. The van der Waals surface area contributed by atoms with Crippen LogP contribution in [0.2, 0.25) is 0 Å². The number of ether oxygens (including phenoxy) is 4. The van der Waals surface area contributed by atoms with E-state index >= 15 is 0 Å². The first-order valence-corrected chi connectivity index (χ1v) is 29.6. The second kappa shape index (κ2) is 52.8. The van der Waals surface area contributed by atoms with Crippen LogP contribution in [0, 0.1) is 0 Å². The van der Waals surface area contributed by atoms with Gasteiger partial charge in [-0.15, -0.1) is 0 Å². The van der Waals surface area contributed by atoms with Crippen molar-refractivity contribution in [2.75, 3.05) is 47.5 Å². The summed E-state index contributed by atoms with van der Waals surface area (Å²) in [4.78, 5) is 37.2. The molecule has 0 amide bonds. The van der Waals surface area contributed by atoms with Gasteiger partial charge in [-0.05, 0) is 70.6 Å². The molecule has 0 aliphatic heterocycles. The van der Waals surface area contributed by atoms with Gasteiger partial charge in [-0.3, -0.25) is 9.59 Å². The Morgan fingerprint density at radius 3 is 1.17 bits per heavy atom. The van der Waals surface area contributed by atoms with Crippen LogP contribution in [0.5, 0.6) is 0 Å². The van der Waals surface area contributed by atoms with Crippen LogP contribution in [0.3, 0.4) is 0 Å². The topological polar surface area (TPSA) is 111 Å². The molecular weight excluding hydrogens is 875 g/mol. The molecule has 0 rings (SSSR count). The van der Waals surface area contributed by atoms with E-state index in [0.29, 0.717) is 17.4 Å². The third kappa shape index (κ3) is 53.3. The first kappa shape index (κ1) is 67.5. The minimum absolute atomic E-state index is 0.148. The fourth-order valence-corrected chi connectivity index (χ4v) is 8.50. The monoisotopic (exact) mass is 988 g/mol. The van der Waals surface area contributed by atoms with Crippen molar-refractivity contribution in [2.24, 2.45) is 0 Å². The fourth-order valence-electron chi connectivity index (χ4n) is 8.50. The number of allylic oxidation sites excluding steroid dienone is 6. The summed E-state index contributed by atoms with van der Waals surface area (Å²) < 4.78 is 22.6. The molecule has 0 aliphatic rings. The smallest absolute Gasteiger partial charge is 0.306 e. The highest BCUT2D eigenvalue weighted by Gasteiger charge is 2.22. The largest absolute Gasteiger partial charge is 0.545 e. The number of carboxylic acid groups (broad SMARTS) is 1. The zero-order valence-electron chi connectivity index (χ0n) is 46.7. The Kier molecular flexibility index (Phi) is 50.9. The number of hydrogen-bond acceptors (Lipinski definition) is 8. The summed E-state index contributed by atoms with van der Waals surface area (Å²) in [5.41, 5.74) is 0. The van der Waals surface area contributed by atoms with Gasteiger partial charge >= 0.3 is 11.9 Å². The predicted octanol–water partition coefficient (Wildman–Crippen LogP) is 16.0. The van der Waals surface area contributed by atoms with Gasteiger partial charge in [0.1, 0.15) is 13.2 Å². The van der Waals surface area contributed by atoms with Crippen molar-refractivity contribution in [3.05, 3.63) is 36.5 Å². The summed E-state index contributed by atoms with van der Waals surface area (Å²) in [7, 11) is 5.92. The van der Waals surface area contributed by atoms with E-state index in [4.69, 9.17) is 18.9 Å². The number of carbonyl (C=O) groups excluding carboxylic acids is 3. The van der Waals surface area contributed by atoms with Crippen LogP contribution in [0.25, 0.3) is 0 Å². The highest BCUT2D eigenvalue weighted by molar-refractivity contribution is 5.70. The average Bonchev–Trinajstić information content (AvgIpc) is 3.33. The molecule has 0 fully saturated rings. The Labute approximate surface area is 432 Å². The number of carbonyl (C=O) groups is 3. The zero-order valence-corrected chi connectivity index (χ0v) is 46.7. The third-order valence-corrected chi connectivity index (χ3v) is 13.1. The highest BCUT2D eigenvalue weighted by atomic mass is 16.7. The molecule has 410 valence electrons. The summed E-state index contributed by atoms with van der Waals surface area (Å²) in [5.74, 6) is -2.28. The number of nitrogens with zero attached hydrogens (tertiary/aromatic N) is 1. The normalized spacial score (nSPS) is 13.0. The molecule has 0 heterocycles. The Balaban J connectivity index is 4.03. The van der Waals surface area contributed by atoms with Crippen LogP contribution in [0.4, 0.5) is 0 Å². The van der Waals surface area contributed by atoms with Gasteiger partial charge < -0.3 is 33.3 Å². The number of unbranched alkanes of at least 4 members (excludes halogenated alkanes) is 34. The number of likely N-dealkylation sites (N-methyl/N-ethyl adjacent to an activating group) is 1. The lowest BCUT2D eigenvalue weighted by Gasteiger charge is -2.26. The molecule has 0 radical (unpaired) electrons. The van der Waals surface area contributed by atoms with Crippen LogP contribution >= 0.6 is 0 Å². The van der Waals surface area contributed by atoms with Gasteiger partial charge in [-0.25, -0.2) is 0 Å². The van der Waals surface area contributed by atoms with E-state index in [-0.39, 0.29) is 38.6 Å². The molecule has 2 atom stereocenters. The van der Waals surface area contributed by atoms with E-state index < -0.39 is 24.3 Å². The summed E-state index contributed by atoms with van der Waals surface area (Å²) in [5, 5.41) is 11.7. The van der Waals surface area contributed by atoms with Crippen LogP contribution in [-0.4, -0.2) is 82.3 Å². The molecule has 0 saturated carbocycles. The van der Waals surface area contributed by atoms with Gasteiger partial charge in [0.25, 0.3) is 0 Å². The Morgan fingerprint density at radius 2 is 0.771 bits per heavy atom. The van der Waals surface area contributed by atoms with Crippen LogP contribution in [0.15, 0.2) is 36.5 Å². The van der Waals surface area contributed by atoms with Crippen molar-refractivity contribution in [1.29, 1.82) is 0 Å². The fraction of sp³-hybridized carbons (Fsp3) is 0.852. The molecule has 70 heavy (non-hydrogen) atoms. The number of esters is 2. The van der Waals surface area contributed by atoms with Crippen LogP contribution in [-0.2, 0) is 33.3 Å². The highest BCUT2D eigenvalue weighted by Crippen LogP contribution is 2.17. The molecule has 0 spiro atoms. The summed E-state index contributed by atoms with van der Waals surface area (Å²) in [6.45, 7) is 4.73. The van der Waals surface area contributed by atoms with Crippen molar-refractivity contribution in [3.8, 4) is 0 Å².